The van der Waals surface area contributed by atoms with Crippen molar-refractivity contribution in [3.8, 4) is 0 Å². The Morgan fingerprint density at radius 3 is 2.38 bits per heavy atom. The van der Waals surface area contributed by atoms with E-state index in [4.69, 9.17) is 0 Å². The van der Waals surface area contributed by atoms with Crippen LogP contribution in [0.25, 0.3) is 0 Å². The van der Waals surface area contributed by atoms with Gasteiger partial charge in [-0.05, 0) is 32.0 Å². The standard InChI is InChI=1S/C17H22N4O3/c1-18-9-17(10-18)11-19(12-17)8-16(22)20(13-2-3-13)14-4-6-15(7-5-14)21(23)24/h4-7,13H,2-3,8-12H2,1H3. The van der Waals surface area contributed by atoms with Gasteiger partial charge in [-0.3, -0.25) is 19.8 Å². The second kappa shape index (κ2) is 5.53. The van der Waals surface area contributed by atoms with Crippen LogP contribution in [0.5, 0.6) is 0 Å². The molecule has 2 aliphatic heterocycles. The molecule has 0 unspecified atom stereocenters. The fourth-order valence-corrected chi connectivity index (χ4v) is 4.21. The topological polar surface area (TPSA) is 69.9 Å². The number of carbonyl (C=O) groups is 1. The van der Waals surface area contributed by atoms with Gasteiger partial charge in [-0.1, -0.05) is 0 Å². The Kier molecular flexibility index (Phi) is 3.58. The minimum Gasteiger partial charge on any atom is -0.308 e. The summed E-state index contributed by atoms with van der Waals surface area (Å²) in [6, 6.07) is 6.57. The SMILES string of the molecule is CN1CC2(C1)CN(CC(=O)N(c1ccc([N+](=O)[O-])cc1)C1CC1)C2. The van der Waals surface area contributed by atoms with Crippen molar-refractivity contribution in [2.75, 3.05) is 44.7 Å². The van der Waals surface area contributed by atoms with E-state index < -0.39 is 4.92 Å². The molecule has 1 aromatic carbocycles. The molecule has 7 heteroatoms. The maximum atomic E-state index is 12.8. The van der Waals surface area contributed by atoms with Crippen molar-refractivity contribution in [1.29, 1.82) is 0 Å². The molecule has 1 aromatic rings. The monoisotopic (exact) mass is 330 g/mol. The van der Waals surface area contributed by atoms with E-state index in [0.29, 0.717) is 12.0 Å². The number of hydrogen-bond donors (Lipinski definition) is 0. The molecule has 0 aromatic heterocycles. The third-order valence-electron chi connectivity index (χ3n) is 5.21. The Balaban J connectivity index is 1.40. The summed E-state index contributed by atoms with van der Waals surface area (Å²) in [4.78, 5) is 29.5. The Hall–Kier alpha value is -1.99. The van der Waals surface area contributed by atoms with Crippen LogP contribution in [0.15, 0.2) is 24.3 Å². The highest BCUT2D eigenvalue weighted by Crippen LogP contribution is 2.39. The summed E-state index contributed by atoms with van der Waals surface area (Å²) < 4.78 is 0. The molecule has 0 atom stereocenters. The highest BCUT2D eigenvalue weighted by atomic mass is 16.6. The number of anilines is 1. The number of nitro benzene ring substituents is 1. The van der Waals surface area contributed by atoms with Crippen LogP contribution < -0.4 is 4.90 Å². The molecule has 128 valence electrons. The van der Waals surface area contributed by atoms with Crippen LogP contribution in [0.3, 0.4) is 0 Å². The number of benzene rings is 1. The molecule has 4 rings (SSSR count). The Morgan fingerprint density at radius 1 is 1.25 bits per heavy atom. The smallest absolute Gasteiger partial charge is 0.269 e. The second-order valence-electron chi connectivity index (χ2n) is 7.59. The number of carbonyl (C=O) groups excluding carboxylic acids is 1. The lowest BCUT2D eigenvalue weighted by Crippen LogP contribution is -2.71. The van der Waals surface area contributed by atoms with Crippen LogP contribution in [-0.2, 0) is 4.79 Å². The zero-order valence-electron chi connectivity index (χ0n) is 13.9. The molecule has 0 bridgehead atoms. The summed E-state index contributed by atoms with van der Waals surface area (Å²) in [6.07, 6.45) is 2.02. The summed E-state index contributed by atoms with van der Waals surface area (Å²) in [5, 5.41) is 10.8. The van der Waals surface area contributed by atoms with Crippen molar-refractivity contribution >= 4 is 17.3 Å². The number of nitrogens with zero attached hydrogens (tertiary/aromatic N) is 4. The quantitative estimate of drug-likeness (QED) is 0.602. The summed E-state index contributed by atoms with van der Waals surface area (Å²) in [5.41, 5.74) is 1.25. The molecule has 1 spiro atoms. The van der Waals surface area contributed by atoms with Crippen molar-refractivity contribution in [2.45, 2.75) is 18.9 Å². The van der Waals surface area contributed by atoms with E-state index in [9.17, 15) is 14.9 Å². The summed E-state index contributed by atoms with van der Waals surface area (Å²) in [5.74, 6) is 0.105. The van der Waals surface area contributed by atoms with Crippen molar-refractivity contribution in [1.82, 2.24) is 9.80 Å². The minimum atomic E-state index is -0.414. The van der Waals surface area contributed by atoms with Gasteiger partial charge >= 0.3 is 0 Å². The van der Waals surface area contributed by atoms with E-state index in [1.807, 2.05) is 4.90 Å². The van der Waals surface area contributed by atoms with E-state index in [-0.39, 0.29) is 17.6 Å². The second-order valence-corrected chi connectivity index (χ2v) is 7.59. The van der Waals surface area contributed by atoms with Crippen LogP contribution in [0.4, 0.5) is 11.4 Å². The Bertz CT molecular complexity index is 657. The molecule has 1 saturated carbocycles. The number of non-ortho nitro benzene ring substituents is 1. The Labute approximate surface area is 141 Å². The fourth-order valence-electron chi connectivity index (χ4n) is 4.21. The van der Waals surface area contributed by atoms with Crippen LogP contribution in [0.2, 0.25) is 0 Å². The summed E-state index contributed by atoms with van der Waals surface area (Å²) in [6.45, 7) is 4.71. The van der Waals surface area contributed by atoms with Gasteiger partial charge in [0.25, 0.3) is 5.69 Å². The molecule has 3 fully saturated rings. The van der Waals surface area contributed by atoms with Gasteiger partial charge in [0.1, 0.15) is 0 Å². The van der Waals surface area contributed by atoms with Crippen molar-refractivity contribution in [2.24, 2.45) is 5.41 Å². The van der Waals surface area contributed by atoms with Crippen LogP contribution >= 0.6 is 0 Å². The maximum absolute atomic E-state index is 12.8. The molecule has 0 N–H and O–H groups in total. The lowest BCUT2D eigenvalue weighted by Gasteiger charge is -2.59. The van der Waals surface area contributed by atoms with Gasteiger partial charge in [-0.25, -0.2) is 0 Å². The van der Waals surface area contributed by atoms with Gasteiger partial charge in [0.15, 0.2) is 0 Å². The first-order chi connectivity index (χ1) is 11.5. The lowest BCUT2D eigenvalue weighted by molar-refractivity contribution is -0.384. The maximum Gasteiger partial charge on any atom is 0.269 e. The van der Waals surface area contributed by atoms with Crippen molar-refractivity contribution < 1.29 is 9.72 Å². The van der Waals surface area contributed by atoms with Gasteiger partial charge in [0.2, 0.25) is 5.91 Å². The third kappa shape index (κ3) is 2.78. The van der Waals surface area contributed by atoms with E-state index in [2.05, 4.69) is 16.8 Å². The number of amides is 1. The average Bonchev–Trinajstić information content (AvgIpc) is 3.29. The van der Waals surface area contributed by atoms with E-state index in [0.717, 1.165) is 44.7 Å². The van der Waals surface area contributed by atoms with Gasteiger partial charge in [0, 0.05) is 55.5 Å². The fraction of sp³-hybridized carbons (Fsp3) is 0.588. The summed E-state index contributed by atoms with van der Waals surface area (Å²) >= 11 is 0. The van der Waals surface area contributed by atoms with E-state index in [1.165, 1.54) is 12.1 Å². The Morgan fingerprint density at radius 2 is 1.88 bits per heavy atom. The molecule has 3 aliphatic rings. The third-order valence-corrected chi connectivity index (χ3v) is 5.21. The number of hydrogen-bond acceptors (Lipinski definition) is 5. The molecule has 1 amide bonds. The van der Waals surface area contributed by atoms with E-state index >= 15 is 0 Å². The van der Waals surface area contributed by atoms with E-state index in [1.54, 1.807) is 12.1 Å². The first kappa shape index (κ1) is 15.5. The largest absolute Gasteiger partial charge is 0.308 e. The lowest BCUT2D eigenvalue weighted by atomic mass is 9.73. The van der Waals surface area contributed by atoms with Crippen LogP contribution in [0.1, 0.15) is 12.8 Å². The van der Waals surface area contributed by atoms with Crippen molar-refractivity contribution in [3.63, 3.8) is 0 Å². The van der Waals surface area contributed by atoms with Gasteiger partial charge in [-0.15, -0.1) is 0 Å². The first-order valence-electron chi connectivity index (χ1n) is 8.43. The number of likely N-dealkylation sites (tertiary alicyclic amines) is 2. The zero-order valence-corrected chi connectivity index (χ0v) is 13.9. The van der Waals surface area contributed by atoms with Gasteiger partial charge in [-0.2, -0.15) is 0 Å². The molecule has 0 radical (unpaired) electrons. The highest BCUT2D eigenvalue weighted by molar-refractivity contribution is 5.96. The van der Waals surface area contributed by atoms with Crippen LogP contribution in [-0.4, -0.2) is 66.4 Å². The number of rotatable bonds is 5. The van der Waals surface area contributed by atoms with Crippen molar-refractivity contribution in [3.05, 3.63) is 34.4 Å². The highest BCUT2D eigenvalue weighted by Gasteiger charge is 2.50. The molecule has 24 heavy (non-hydrogen) atoms. The molecule has 2 saturated heterocycles. The predicted molar refractivity (Wildman–Crippen MR) is 90.0 cm³/mol. The molecular formula is C17H22N4O3. The normalized spacial score (nSPS) is 22.7. The minimum absolute atomic E-state index is 0.0562. The zero-order chi connectivity index (χ0) is 16.9. The molecule has 2 heterocycles. The van der Waals surface area contributed by atoms with Crippen LogP contribution in [0, 0.1) is 15.5 Å². The average molecular weight is 330 g/mol. The van der Waals surface area contributed by atoms with Gasteiger partial charge in [0.05, 0.1) is 11.5 Å². The molecular weight excluding hydrogens is 308 g/mol. The number of nitro groups is 1. The van der Waals surface area contributed by atoms with Gasteiger partial charge < -0.3 is 9.80 Å². The summed E-state index contributed by atoms with van der Waals surface area (Å²) in [7, 11) is 2.13. The molecule has 7 nitrogen and oxygen atoms in total. The molecule has 1 aliphatic carbocycles. The first-order valence-corrected chi connectivity index (χ1v) is 8.43. The predicted octanol–water partition coefficient (Wildman–Crippen LogP) is 1.34.